The van der Waals surface area contributed by atoms with Crippen LogP contribution < -0.4 is 0 Å². The summed E-state index contributed by atoms with van der Waals surface area (Å²) < 4.78 is 7.20. The van der Waals surface area contributed by atoms with Crippen LogP contribution in [0.5, 0.6) is 0 Å². The van der Waals surface area contributed by atoms with Crippen molar-refractivity contribution in [1.82, 2.24) is 15.0 Å². The molecular formula is C8H12BrN3O. The summed E-state index contributed by atoms with van der Waals surface area (Å²) in [6.07, 6.45) is 4.01. The van der Waals surface area contributed by atoms with E-state index >= 15 is 0 Å². The molecule has 5 heteroatoms. The molecule has 2 rings (SSSR count). The first-order valence-electron chi connectivity index (χ1n) is 4.44. The third kappa shape index (κ3) is 2.08. The van der Waals surface area contributed by atoms with Gasteiger partial charge in [0, 0.05) is 24.6 Å². The largest absolute Gasteiger partial charge is 0.379 e. The maximum Gasteiger partial charge on any atom is 0.0835 e. The van der Waals surface area contributed by atoms with E-state index in [0.717, 1.165) is 37.1 Å². The van der Waals surface area contributed by atoms with Crippen molar-refractivity contribution in [3.8, 4) is 0 Å². The molecule has 0 bridgehead atoms. The summed E-state index contributed by atoms with van der Waals surface area (Å²) in [6.45, 7) is 1.62. The minimum absolute atomic E-state index is 0.400. The van der Waals surface area contributed by atoms with Crippen molar-refractivity contribution >= 4 is 15.9 Å². The summed E-state index contributed by atoms with van der Waals surface area (Å²) >= 11 is 3.38. The molecule has 0 amide bonds. The van der Waals surface area contributed by atoms with Crippen LogP contribution in [0.1, 0.15) is 18.2 Å². The van der Waals surface area contributed by atoms with Gasteiger partial charge in [-0.15, -0.1) is 5.10 Å². The first-order chi connectivity index (χ1) is 6.40. The predicted molar refractivity (Wildman–Crippen MR) is 52.0 cm³/mol. The summed E-state index contributed by atoms with van der Waals surface area (Å²) in [4.78, 5) is 0. The monoisotopic (exact) mass is 245 g/mol. The predicted octanol–water partition coefficient (Wildman–Crippen LogP) is 1.18. The average Bonchev–Trinajstić information content (AvgIpc) is 2.70. The fourth-order valence-electron chi connectivity index (χ4n) is 1.43. The maximum absolute atomic E-state index is 5.28. The van der Waals surface area contributed by atoms with Crippen LogP contribution in [0.4, 0.5) is 0 Å². The van der Waals surface area contributed by atoms with E-state index < -0.39 is 0 Å². The molecular weight excluding hydrogens is 234 g/mol. The lowest BCUT2D eigenvalue weighted by Gasteiger charge is -2.04. The highest BCUT2D eigenvalue weighted by atomic mass is 79.9. The normalized spacial score (nSPS) is 22.4. The van der Waals surface area contributed by atoms with Crippen LogP contribution in [0.3, 0.4) is 0 Å². The zero-order chi connectivity index (χ0) is 9.10. The number of hydrogen-bond acceptors (Lipinski definition) is 3. The molecule has 1 aliphatic rings. The van der Waals surface area contributed by atoms with E-state index in [0.29, 0.717) is 6.04 Å². The fourth-order valence-corrected chi connectivity index (χ4v) is 1.84. The summed E-state index contributed by atoms with van der Waals surface area (Å²) in [5.74, 6) is 0. The molecule has 1 unspecified atom stereocenters. The standard InChI is InChI=1S/C8H12BrN3O/c9-3-1-7-5-12(11-10-7)8-2-4-13-6-8/h5,8H,1-4,6H2. The van der Waals surface area contributed by atoms with E-state index in [4.69, 9.17) is 4.74 Å². The molecule has 1 fully saturated rings. The minimum atomic E-state index is 0.400. The molecule has 1 aromatic rings. The van der Waals surface area contributed by atoms with Crippen LogP contribution in [-0.4, -0.2) is 33.5 Å². The Kier molecular flexibility index (Phi) is 2.95. The van der Waals surface area contributed by atoms with Gasteiger partial charge in [0.25, 0.3) is 0 Å². The Balaban J connectivity index is 2.03. The number of hydrogen-bond donors (Lipinski definition) is 0. The van der Waals surface area contributed by atoms with Gasteiger partial charge in [-0.25, -0.2) is 4.68 Å². The molecule has 1 aromatic heterocycles. The third-order valence-corrected chi connectivity index (χ3v) is 2.58. The summed E-state index contributed by atoms with van der Waals surface area (Å²) in [5, 5.41) is 9.10. The number of alkyl halides is 1. The third-order valence-electron chi connectivity index (χ3n) is 2.19. The topological polar surface area (TPSA) is 39.9 Å². The van der Waals surface area contributed by atoms with Crippen LogP contribution in [0.15, 0.2) is 6.20 Å². The van der Waals surface area contributed by atoms with Gasteiger partial charge in [0.05, 0.1) is 18.3 Å². The second kappa shape index (κ2) is 4.19. The molecule has 1 saturated heterocycles. The summed E-state index contributed by atoms with van der Waals surface area (Å²) in [7, 11) is 0. The second-order valence-corrected chi connectivity index (χ2v) is 3.94. The number of rotatable bonds is 3. The van der Waals surface area contributed by atoms with E-state index in [9.17, 15) is 0 Å². The Bertz CT molecular complexity index is 270. The molecule has 0 spiro atoms. The number of nitrogens with zero attached hydrogens (tertiary/aromatic N) is 3. The van der Waals surface area contributed by atoms with E-state index in [1.54, 1.807) is 0 Å². The Morgan fingerprint density at radius 3 is 3.31 bits per heavy atom. The van der Waals surface area contributed by atoms with Crippen LogP contribution in [0.2, 0.25) is 0 Å². The number of aromatic nitrogens is 3. The van der Waals surface area contributed by atoms with E-state index in [2.05, 4.69) is 26.2 Å². The summed E-state index contributed by atoms with van der Waals surface area (Å²) in [6, 6.07) is 0.400. The Hall–Kier alpha value is -0.420. The Labute approximate surface area is 85.4 Å². The van der Waals surface area contributed by atoms with Crippen molar-refractivity contribution in [3.63, 3.8) is 0 Å². The zero-order valence-corrected chi connectivity index (χ0v) is 8.90. The molecule has 0 aliphatic carbocycles. The van der Waals surface area contributed by atoms with E-state index in [-0.39, 0.29) is 0 Å². The molecule has 0 N–H and O–H groups in total. The Morgan fingerprint density at radius 1 is 1.69 bits per heavy atom. The SMILES string of the molecule is BrCCc1cn(C2CCOC2)nn1. The van der Waals surface area contributed by atoms with Gasteiger partial charge in [-0.3, -0.25) is 0 Å². The lowest BCUT2D eigenvalue weighted by Crippen LogP contribution is -2.08. The van der Waals surface area contributed by atoms with Crippen molar-refractivity contribution in [3.05, 3.63) is 11.9 Å². The van der Waals surface area contributed by atoms with Crippen LogP contribution in [-0.2, 0) is 11.2 Å². The first-order valence-corrected chi connectivity index (χ1v) is 5.56. The highest BCUT2D eigenvalue weighted by Crippen LogP contribution is 2.17. The highest BCUT2D eigenvalue weighted by molar-refractivity contribution is 9.09. The smallest absolute Gasteiger partial charge is 0.0835 e. The average molecular weight is 246 g/mol. The molecule has 0 radical (unpaired) electrons. The van der Waals surface area contributed by atoms with Crippen LogP contribution in [0, 0.1) is 0 Å². The van der Waals surface area contributed by atoms with Crippen molar-refractivity contribution in [2.45, 2.75) is 18.9 Å². The van der Waals surface area contributed by atoms with Gasteiger partial charge in [0.2, 0.25) is 0 Å². The number of ether oxygens (including phenoxy) is 1. The summed E-state index contributed by atoms with van der Waals surface area (Å²) in [5.41, 5.74) is 1.05. The quantitative estimate of drug-likeness (QED) is 0.752. The van der Waals surface area contributed by atoms with Crippen molar-refractivity contribution in [2.75, 3.05) is 18.5 Å². The van der Waals surface area contributed by atoms with Gasteiger partial charge in [-0.1, -0.05) is 21.1 Å². The van der Waals surface area contributed by atoms with Crippen molar-refractivity contribution in [1.29, 1.82) is 0 Å². The van der Waals surface area contributed by atoms with Crippen LogP contribution in [0.25, 0.3) is 0 Å². The molecule has 0 saturated carbocycles. The first kappa shape index (κ1) is 9.15. The van der Waals surface area contributed by atoms with Gasteiger partial charge in [-0.05, 0) is 6.42 Å². The number of halogens is 1. The van der Waals surface area contributed by atoms with Gasteiger partial charge in [0.15, 0.2) is 0 Å². The molecule has 1 aliphatic heterocycles. The van der Waals surface area contributed by atoms with Crippen molar-refractivity contribution in [2.24, 2.45) is 0 Å². The molecule has 0 aromatic carbocycles. The molecule has 4 nitrogen and oxygen atoms in total. The van der Waals surface area contributed by atoms with E-state index in [1.165, 1.54) is 0 Å². The van der Waals surface area contributed by atoms with Gasteiger partial charge in [-0.2, -0.15) is 0 Å². The second-order valence-electron chi connectivity index (χ2n) is 3.15. The minimum Gasteiger partial charge on any atom is -0.379 e. The molecule has 2 heterocycles. The molecule has 72 valence electrons. The molecule has 1 atom stereocenters. The lowest BCUT2D eigenvalue weighted by molar-refractivity contribution is 0.184. The van der Waals surface area contributed by atoms with Crippen molar-refractivity contribution < 1.29 is 4.74 Å². The highest BCUT2D eigenvalue weighted by Gasteiger charge is 2.18. The fraction of sp³-hybridized carbons (Fsp3) is 0.750. The zero-order valence-electron chi connectivity index (χ0n) is 7.32. The van der Waals surface area contributed by atoms with Gasteiger partial charge >= 0.3 is 0 Å². The lowest BCUT2D eigenvalue weighted by atomic mass is 10.3. The van der Waals surface area contributed by atoms with Gasteiger partial charge < -0.3 is 4.74 Å². The molecule has 13 heavy (non-hydrogen) atoms. The van der Waals surface area contributed by atoms with Gasteiger partial charge in [0.1, 0.15) is 0 Å². The Morgan fingerprint density at radius 2 is 2.62 bits per heavy atom. The van der Waals surface area contributed by atoms with E-state index in [1.807, 2.05) is 10.9 Å². The van der Waals surface area contributed by atoms with Crippen LogP contribution >= 0.6 is 15.9 Å². The number of aryl methyl sites for hydroxylation is 1. The maximum atomic E-state index is 5.28.